The Morgan fingerprint density at radius 2 is 1.79 bits per heavy atom. The summed E-state index contributed by atoms with van der Waals surface area (Å²) in [6.07, 6.45) is 6.77. The van der Waals surface area contributed by atoms with Gasteiger partial charge in [0.15, 0.2) is 0 Å². The number of amides is 1. The molecule has 1 aromatic rings. The van der Waals surface area contributed by atoms with Crippen molar-refractivity contribution in [2.24, 2.45) is 5.92 Å². The first-order valence-corrected chi connectivity index (χ1v) is 10.3. The molecule has 29 heavy (non-hydrogen) atoms. The Kier molecular flexibility index (Phi) is 9.33. The summed E-state index contributed by atoms with van der Waals surface area (Å²) >= 11 is 0. The zero-order valence-electron chi connectivity index (χ0n) is 17.1. The highest BCUT2D eigenvalue weighted by Gasteiger charge is 2.33. The molecule has 8 heteroatoms. The summed E-state index contributed by atoms with van der Waals surface area (Å²) in [5.41, 5.74) is 1.24. The Hall–Kier alpha value is -1.70. The zero-order chi connectivity index (χ0) is 19.9. The molecular weight excluding hydrogens is 394 g/mol. The lowest BCUT2D eigenvalue weighted by Crippen LogP contribution is -2.48. The molecule has 0 saturated carbocycles. The van der Waals surface area contributed by atoms with Gasteiger partial charge in [0.2, 0.25) is 5.91 Å². The maximum absolute atomic E-state index is 12.5. The minimum absolute atomic E-state index is 0. The van der Waals surface area contributed by atoms with Gasteiger partial charge in [-0.25, -0.2) is 0 Å². The van der Waals surface area contributed by atoms with Crippen LogP contribution < -0.4 is 0 Å². The second-order valence-corrected chi connectivity index (χ2v) is 7.97. The van der Waals surface area contributed by atoms with E-state index in [1.54, 1.807) is 19.2 Å². The molecule has 0 N–H and O–H groups in total. The van der Waals surface area contributed by atoms with Crippen LogP contribution in [0.1, 0.15) is 44.1 Å². The summed E-state index contributed by atoms with van der Waals surface area (Å²) in [5.74, 6) is 0.676. The highest BCUT2D eigenvalue weighted by molar-refractivity contribution is 5.85. The maximum Gasteiger partial charge on any atom is 0.269 e. The predicted molar refractivity (Wildman–Crippen MR) is 114 cm³/mol. The average molecular weight is 426 g/mol. The lowest BCUT2D eigenvalue weighted by atomic mass is 9.86. The van der Waals surface area contributed by atoms with Crippen LogP contribution in [0.25, 0.3) is 0 Å². The molecule has 0 aliphatic carbocycles. The number of nitro groups is 1. The van der Waals surface area contributed by atoms with E-state index in [4.69, 9.17) is 4.74 Å². The highest BCUT2D eigenvalue weighted by Crippen LogP contribution is 2.30. The van der Waals surface area contributed by atoms with Crippen molar-refractivity contribution in [1.82, 2.24) is 9.80 Å². The number of halogens is 1. The Labute approximate surface area is 178 Å². The van der Waals surface area contributed by atoms with Crippen molar-refractivity contribution in [2.75, 3.05) is 33.4 Å². The summed E-state index contributed by atoms with van der Waals surface area (Å²) in [7, 11) is 1.58. The van der Waals surface area contributed by atoms with E-state index in [0.29, 0.717) is 12.0 Å². The lowest BCUT2D eigenvalue weighted by molar-refractivity contribution is -0.384. The van der Waals surface area contributed by atoms with Crippen molar-refractivity contribution in [3.63, 3.8) is 0 Å². The van der Waals surface area contributed by atoms with Crippen molar-refractivity contribution in [1.29, 1.82) is 0 Å². The first-order chi connectivity index (χ1) is 13.6. The number of ether oxygens (including phenoxy) is 1. The van der Waals surface area contributed by atoms with E-state index in [1.807, 2.05) is 12.1 Å². The van der Waals surface area contributed by atoms with Gasteiger partial charge >= 0.3 is 0 Å². The third-order valence-corrected chi connectivity index (χ3v) is 6.12. The largest absolute Gasteiger partial charge is 0.375 e. The van der Waals surface area contributed by atoms with Crippen LogP contribution in [0.5, 0.6) is 0 Å². The van der Waals surface area contributed by atoms with Crippen LogP contribution in [0.2, 0.25) is 0 Å². The number of nitrogens with zero attached hydrogens (tertiary/aromatic N) is 3. The standard InChI is InChI=1S/C21H31N3O4.ClH/c1-28-16-21(25)23-12-4-2-3-5-20(23)18-10-13-22(14-11-18)15-17-6-8-19(9-7-17)24(26)27;/h6-9,18,20H,2-5,10-16H2,1H3;1H. The molecule has 2 aliphatic heterocycles. The molecule has 1 unspecified atom stereocenters. The SMILES string of the molecule is COCC(=O)N1CCCCCC1C1CCN(Cc2ccc([N+](=O)[O-])cc2)CC1.Cl. The monoisotopic (exact) mass is 425 g/mol. The van der Waals surface area contributed by atoms with Gasteiger partial charge in [0.1, 0.15) is 6.61 Å². The first-order valence-electron chi connectivity index (χ1n) is 10.3. The molecule has 2 heterocycles. The van der Waals surface area contributed by atoms with E-state index >= 15 is 0 Å². The Bertz CT molecular complexity index is 662. The topological polar surface area (TPSA) is 75.9 Å². The van der Waals surface area contributed by atoms with Gasteiger partial charge in [-0.3, -0.25) is 19.8 Å². The van der Waals surface area contributed by atoms with Crippen LogP contribution in [0.15, 0.2) is 24.3 Å². The molecule has 1 atom stereocenters. The van der Waals surface area contributed by atoms with Gasteiger partial charge in [0, 0.05) is 38.4 Å². The fraction of sp³-hybridized carbons (Fsp3) is 0.667. The van der Waals surface area contributed by atoms with Gasteiger partial charge in [-0.05, 0) is 50.3 Å². The molecule has 3 rings (SSSR count). The smallest absolute Gasteiger partial charge is 0.269 e. The zero-order valence-corrected chi connectivity index (χ0v) is 17.9. The van der Waals surface area contributed by atoms with E-state index < -0.39 is 0 Å². The van der Waals surface area contributed by atoms with Crippen molar-refractivity contribution >= 4 is 24.0 Å². The molecule has 2 aliphatic rings. The van der Waals surface area contributed by atoms with Gasteiger partial charge < -0.3 is 9.64 Å². The van der Waals surface area contributed by atoms with Gasteiger partial charge in [0.05, 0.1) is 4.92 Å². The Morgan fingerprint density at radius 1 is 1.10 bits per heavy atom. The van der Waals surface area contributed by atoms with Gasteiger partial charge in [0.25, 0.3) is 5.69 Å². The van der Waals surface area contributed by atoms with Crippen molar-refractivity contribution in [3.05, 3.63) is 39.9 Å². The van der Waals surface area contributed by atoms with Crippen LogP contribution in [0.4, 0.5) is 5.69 Å². The van der Waals surface area contributed by atoms with E-state index in [9.17, 15) is 14.9 Å². The number of piperidine rings is 1. The summed E-state index contributed by atoms with van der Waals surface area (Å²) in [6, 6.07) is 7.19. The number of rotatable bonds is 6. The quantitative estimate of drug-likeness (QED) is 0.513. The maximum atomic E-state index is 12.5. The third-order valence-electron chi connectivity index (χ3n) is 6.12. The number of likely N-dealkylation sites (tertiary alicyclic amines) is 2. The molecule has 0 bridgehead atoms. The number of carbonyl (C=O) groups excluding carboxylic acids is 1. The molecule has 2 saturated heterocycles. The minimum Gasteiger partial charge on any atom is -0.375 e. The first kappa shape index (κ1) is 23.6. The van der Waals surface area contributed by atoms with Crippen LogP contribution in [0.3, 0.4) is 0 Å². The van der Waals surface area contributed by atoms with E-state index in [2.05, 4.69) is 9.80 Å². The molecule has 0 aromatic heterocycles. The number of non-ortho nitro benzene ring substituents is 1. The molecule has 7 nitrogen and oxygen atoms in total. The summed E-state index contributed by atoms with van der Waals surface area (Å²) in [5, 5.41) is 10.8. The summed E-state index contributed by atoms with van der Waals surface area (Å²) in [4.78, 5) is 27.5. The molecule has 1 aromatic carbocycles. The molecule has 1 amide bonds. The normalized spacial score (nSPS) is 21.3. The van der Waals surface area contributed by atoms with E-state index in [1.165, 1.54) is 12.8 Å². The minimum atomic E-state index is -0.362. The van der Waals surface area contributed by atoms with Crippen molar-refractivity contribution in [3.8, 4) is 0 Å². The highest BCUT2D eigenvalue weighted by atomic mass is 35.5. The van der Waals surface area contributed by atoms with E-state index in [-0.39, 0.29) is 35.5 Å². The van der Waals surface area contributed by atoms with Gasteiger partial charge in [-0.15, -0.1) is 12.4 Å². The van der Waals surface area contributed by atoms with Gasteiger partial charge in [-0.1, -0.05) is 25.0 Å². The number of nitro benzene ring substituents is 1. The van der Waals surface area contributed by atoms with Crippen LogP contribution in [0, 0.1) is 16.0 Å². The second-order valence-electron chi connectivity index (χ2n) is 7.97. The molecule has 162 valence electrons. The Morgan fingerprint density at radius 3 is 2.41 bits per heavy atom. The number of methoxy groups -OCH3 is 1. The number of carbonyl (C=O) groups is 1. The number of benzene rings is 1. The lowest BCUT2D eigenvalue weighted by Gasteiger charge is -2.40. The summed E-state index contributed by atoms with van der Waals surface area (Å²) < 4.78 is 5.10. The van der Waals surface area contributed by atoms with Crippen LogP contribution in [-0.4, -0.2) is 60.0 Å². The average Bonchev–Trinajstić information content (AvgIpc) is 2.95. The fourth-order valence-corrected chi connectivity index (χ4v) is 4.62. The molecule has 0 spiro atoms. The third kappa shape index (κ3) is 6.39. The molecular formula is C21H32ClN3O4. The predicted octanol–water partition coefficient (Wildman–Crippen LogP) is 3.65. The van der Waals surface area contributed by atoms with Gasteiger partial charge in [-0.2, -0.15) is 0 Å². The molecule has 0 radical (unpaired) electrons. The second kappa shape index (κ2) is 11.5. The fourth-order valence-electron chi connectivity index (χ4n) is 4.62. The Balaban J connectivity index is 0.00000300. The van der Waals surface area contributed by atoms with Crippen LogP contribution in [-0.2, 0) is 16.1 Å². The summed E-state index contributed by atoms with van der Waals surface area (Å²) in [6.45, 7) is 3.86. The van der Waals surface area contributed by atoms with Crippen LogP contribution >= 0.6 is 12.4 Å². The van der Waals surface area contributed by atoms with Crippen molar-refractivity contribution < 1.29 is 14.5 Å². The number of hydrogen-bond donors (Lipinski definition) is 0. The van der Waals surface area contributed by atoms with Crippen molar-refractivity contribution in [2.45, 2.75) is 51.1 Å². The number of hydrogen-bond acceptors (Lipinski definition) is 5. The molecule has 2 fully saturated rings. The van der Waals surface area contributed by atoms with E-state index in [0.717, 1.165) is 57.4 Å².